The first kappa shape index (κ1) is 18.9. The number of hydrogen-bond donors (Lipinski definition) is 2. The van der Waals surface area contributed by atoms with Gasteiger partial charge in [0.1, 0.15) is 5.82 Å². The van der Waals surface area contributed by atoms with Crippen molar-refractivity contribution >= 4 is 23.2 Å². The molecular formula is C21H20N6O. The third kappa shape index (κ3) is 4.62. The maximum atomic E-state index is 12.2. The predicted octanol–water partition coefficient (Wildman–Crippen LogP) is 4.12. The number of nitrogens with zero attached hydrogens (tertiary/aromatic N) is 4. The lowest BCUT2D eigenvalue weighted by Gasteiger charge is -2.15. The maximum absolute atomic E-state index is 12.2. The van der Waals surface area contributed by atoms with Gasteiger partial charge >= 0.3 is 6.03 Å². The van der Waals surface area contributed by atoms with E-state index in [-0.39, 0.29) is 6.03 Å². The minimum atomic E-state index is -0.373. The second kappa shape index (κ2) is 8.64. The van der Waals surface area contributed by atoms with E-state index in [0.29, 0.717) is 22.8 Å². The van der Waals surface area contributed by atoms with Crippen LogP contribution in [0, 0.1) is 11.3 Å². The molecule has 0 atom stereocenters. The molecular weight excluding hydrogens is 352 g/mol. The van der Waals surface area contributed by atoms with Gasteiger partial charge in [0.25, 0.3) is 0 Å². The van der Waals surface area contributed by atoms with E-state index in [2.05, 4.69) is 27.5 Å². The molecule has 7 nitrogen and oxygen atoms in total. The van der Waals surface area contributed by atoms with Gasteiger partial charge < -0.3 is 15.5 Å². The standard InChI is InChI=1S/C21H20N6O/c1-3-27(2)19-11-12-23-20(26-19)16-5-4-6-18(13-16)25-21(28)24-17-9-7-15(14-22)8-10-17/h4-13H,3H2,1-2H3,(H2,24,25,28). The summed E-state index contributed by atoms with van der Waals surface area (Å²) >= 11 is 0. The molecule has 2 aromatic carbocycles. The molecule has 0 aliphatic heterocycles. The SMILES string of the molecule is CCN(C)c1ccnc(-c2cccc(NC(=O)Nc3ccc(C#N)cc3)c2)n1. The monoisotopic (exact) mass is 372 g/mol. The summed E-state index contributed by atoms with van der Waals surface area (Å²) in [6.07, 6.45) is 1.72. The normalized spacial score (nSPS) is 10.0. The predicted molar refractivity (Wildman–Crippen MR) is 110 cm³/mol. The summed E-state index contributed by atoms with van der Waals surface area (Å²) in [4.78, 5) is 23.2. The van der Waals surface area contributed by atoms with E-state index in [0.717, 1.165) is 17.9 Å². The zero-order valence-corrected chi connectivity index (χ0v) is 15.7. The largest absolute Gasteiger partial charge is 0.360 e. The molecule has 140 valence electrons. The summed E-state index contributed by atoms with van der Waals surface area (Å²) in [5.74, 6) is 1.43. The fraction of sp³-hybridized carbons (Fsp3) is 0.143. The molecule has 0 radical (unpaired) electrons. The molecule has 0 fully saturated rings. The van der Waals surface area contributed by atoms with Crippen LogP contribution >= 0.6 is 0 Å². The van der Waals surface area contributed by atoms with E-state index in [1.54, 1.807) is 36.5 Å². The number of aromatic nitrogens is 2. The van der Waals surface area contributed by atoms with E-state index in [4.69, 9.17) is 5.26 Å². The zero-order chi connectivity index (χ0) is 19.9. The Kier molecular flexibility index (Phi) is 5.82. The van der Waals surface area contributed by atoms with Crippen molar-refractivity contribution in [3.8, 4) is 17.5 Å². The maximum Gasteiger partial charge on any atom is 0.323 e. The molecule has 2 amide bonds. The zero-order valence-electron chi connectivity index (χ0n) is 15.7. The number of nitriles is 1. The van der Waals surface area contributed by atoms with Crippen LogP contribution in [0.3, 0.4) is 0 Å². The Labute approximate surface area is 163 Å². The number of benzene rings is 2. The molecule has 1 heterocycles. The van der Waals surface area contributed by atoms with E-state index in [1.165, 1.54) is 0 Å². The first-order valence-corrected chi connectivity index (χ1v) is 8.82. The Bertz CT molecular complexity index is 1010. The van der Waals surface area contributed by atoms with Crippen LogP contribution in [-0.2, 0) is 0 Å². The van der Waals surface area contributed by atoms with Crippen LogP contribution in [0.15, 0.2) is 60.8 Å². The van der Waals surface area contributed by atoms with Gasteiger partial charge in [-0.1, -0.05) is 12.1 Å². The molecule has 3 rings (SSSR count). The summed E-state index contributed by atoms with van der Waals surface area (Å²) in [7, 11) is 1.97. The van der Waals surface area contributed by atoms with Gasteiger partial charge in [-0.3, -0.25) is 0 Å². The van der Waals surface area contributed by atoms with Crippen LogP contribution in [0.2, 0.25) is 0 Å². The van der Waals surface area contributed by atoms with Gasteiger partial charge in [-0.15, -0.1) is 0 Å². The van der Waals surface area contributed by atoms with E-state index < -0.39 is 0 Å². The van der Waals surface area contributed by atoms with Crippen molar-refractivity contribution in [2.24, 2.45) is 0 Å². The first-order chi connectivity index (χ1) is 13.6. The van der Waals surface area contributed by atoms with Gasteiger partial charge in [-0.2, -0.15) is 5.26 Å². The minimum Gasteiger partial charge on any atom is -0.360 e. The lowest BCUT2D eigenvalue weighted by Crippen LogP contribution is -2.19. The summed E-state index contributed by atoms with van der Waals surface area (Å²) < 4.78 is 0. The topological polar surface area (TPSA) is 93.9 Å². The minimum absolute atomic E-state index is 0.373. The highest BCUT2D eigenvalue weighted by Crippen LogP contribution is 2.21. The Morgan fingerprint density at radius 2 is 1.86 bits per heavy atom. The fourth-order valence-electron chi connectivity index (χ4n) is 2.52. The van der Waals surface area contributed by atoms with E-state index >= 15 is 0 Å². The van der Waals surface area contributed by atoms with Crippen LogP contribution in [0.1, 0.15) is 12.5 Å². The van der Waals surface area contributed by atoms with Crippen molar-refractivity contribution in [3.63, 3.8) is 0 Å². The molecule has 0 unspecified atom stereocenters. The number of carbonyl (C=O) groups is 1. The summed E-state index contributed by atoms with van der Waals surface area (Å²) in [6, 6.07) is 17.5. The van der Waals surface area contributed by atoms with Crippen LogP contribution in [0.5, 0.6) is 0 Å². The quantitative estimate of drug-likeness (QED) is 0.703. The van der Waals surface area contributed by atoms with Crippen LogP contribution in [0.25, 0.3) is 11.4 Å². The Hall–Kier alpha value is -3.92. The molecule has 28 heavy (non-hydrogen) atoms. The van der Waals surface area contributed by atoms with Gasteiger partial charge in [0.05, 0.1) is 11.6 Å². The van der Waals surface area contributed by atoms with Crippen molar-refractivity contribution in [3.05, 3.63) is 66.4 Å². The molecule has 7 heteroatoms. The molecule has 0 aliphatic carbocycles. The van der Waals surface area contributed by atoms with Gasteiger partial charge in [-0.25, -0.2) is 14.8 Å². The Morgan fingerprint density at radius 1 is 1.11 bits per heavy atom. The van der Waals surface area contributed by atoms with Gasteiger partial charge in [0, 0.05) is 36.7 Å². The highest BCUT2D eigenvalue weighted by atomic mass is 16.2. The third-order valence-corrected chi connectivity index (χ3v) is 4.16. The van der Waals surface area contributed by atoms with Crippen molar-refractivity contribution in [1.82, 2.24) is 9.97 Å². The highest BCUT2D eigenvalue weighted by Gasteiger charge is 2.08. The summed E-state index contributed by atoms with van der Waals surface area (Å²) in [5, 5.41) is 14.4. The molecule has 3 aromatic rings. The number of urea groups is 1. The second-order valence-electron chi connectivity index (χ2n) is 6.10. The van der Waals surface area contributed by atoms with Gasteiger partial charge in [0.2, 0.25) is 0 Å². The van der Waals surface area contributed by atoms with Crippen molar-refractivity contribution in [1.29, 1.82) is 5.26 Å². The van der Waals surface area contributed by atoms with Crippen LogP contribution in [0.4, 0.5) is 22.0 Å². The lowest BCUT2D eigenvalue weighted by atomic mass is 10.2. The van der Waals surface area contributed by atoms with Crippen molar-refractivity contribution in [2.75, 3.05) is 29.1 Å². The molecule has 1 aromatic heterocycles. The van der Waals surface area contributed by atoms with Crippen molar-refractivity contribution < 1.29 is 4.79 Å². The average molecular weight is 372 g/mol. The summed E-state index contributed by atoms with van der Waals surface area (Å²) in [6.45, 7) is 2.90. The molecule has 0 bridgehead atoms. The number of rotatable bonds is 5. The molecule has 2 N–H and O–H groups in total. The van der Waals surface area contributed by atoms with Gasteiger partial charge in [-0.05, 0) is 49.4 Å². The molecule has 0 spiro atoms. The van der Waals surface area contributed by atoms with Crippen LogP contribution in [-0.4, -0.2) is 29.6 Å². The third-order valence-electron chi connectivity index (χ3n) is 4.16. The second-order valence-corrected chi connectivity index (χ2v) is 6.10. The number of anilines is 3. The first-order valence-electron chi connectivity index (χ1n) is 8.82. The smallest absolute Gasteiger partial charge is 0.323 e. The number of nitrogens with one attached hydrogen (secondary N) is 2. The number of amides is 2. The average Bonchev–Trinajstić information content (AvgIpc) is 2.74. The summed E-state index contributed by atoms with van der Waals surface area (Å²) in [5.41, 5.74) is 2.57. The lowest BCUT2D eigenvalue weighted by molar-refractivity contribution is 0.262. The van der Waals surface area contributed by atoms with Crippen LogP contribution < -0.4 is 15.5 Å². The molecule has 0 saturated heterocycles. The Balaban J connectivity index is 1.72. The number of hydrogen-bond acceptors (Lipinski definition) is 5. The highest BCUT2D eigenvalue weighted by molar-refractivity contribution is 6.00. The van der Waals surface area contributed by atoms with Crippen molar-refractivity contribution in [2.45, 2.75) is 6.92 Å². The molecule has 0 saturated carbocycles. The van der Waals surface area contributed by atoms with E-state index in [9.17, 15) is 4.79 Å². The van der Waals surface area contributed by atoms with Gasteiger partial charge in [0.15, 0.2) is 5.82 Å². The molecule has 0 aliphatic rings. The number of carbonyl (C=O) groups excluding carboxylic acids is 1. The van der Waals surface area contributed by atoms with E-state index in [1.807, 2.05) is 42.3 Å². The fourth-order valence-corrected chi connectivity index (χ4v) is 2.52. The Morgan fingerprint density at radius 3 is 2.57 bits per heavy atom.